The molecule has 6 nitrogen and oxygen atoms in total. The van der Waals surface area contributed by atoms with Crippen molar-refractivity contribution < 1.29 is 28.9 Å². The Morgan fingerprint density at radius 3 is 2.31 bits per heavy atom. The molecule has 0 amide bonds. The number of Topliss-reactive ketones (excluding diaryl/α,β-unsaturated/α-hetero) is 1. The van der Waals surface area contributed by atoms with E-state index in [1.807, 2.05) is 34.6 Å². The molecule has 152 valence electrons. The third kappa shape index (κ3) is 4.84. The Hall–Kier alpha value is -0.980. The lowest BCUT2D eigenvalue weighted by molar-refractivity contribution is -0.163. The minimum atomic E-state index is -1.02. The molecule has 1 aliphatic rings. The molecule has 0 aromatic heterocycles. The van der Waals surface area contributed by atoms with Crippen LogP contribution in [0.15, 0.2) is 0 Å². The number of ether oxygens (including phenoxy) is 3. The van der Waals surface area contributed by atoms with E-state index in [2.05, 4.69) is 0 Å². The van der Waals surface area contributed by atoms with Crippen LogP contribution >= 0.6 is 0 Å². The van der Waals surface area contributed by atoms with Crippen molar-refractivity contribution in [2.75, 3.05) is 26.4 Å². The van der Waals surface area contributed by atoms with Crippen molar-refractivity contribution in [1.29, 1.82) is 0 Å². The topological polar surface area (TPSA) is 82.1 Å². The van der Waals surface area contributed by atoms with Crippen molar-refractivity contribution in [3.63, 3.8) is 0 Å². The van der Waals surface area contributed by atoms with Crippen molar-refractivity contribution in [1.82, 2.24) is 0 Å². The Labute approximate surface area is 157 Å². The molecular formula is C20H36O6. The van der Waals surface area contributed by atoms with E-state index in [1.165, 1.54) is 0 Å². The fraction of sp³-hybridized carbons (Fsp3) is 0.900. The van der Waals surface area contributed by atoms with E-state index in [-0.39, 0.29) is 43.6 Å². The molecule has 0 bridgehead atoms. The number of rotatable bonds is 10. The second kappa shape index (κ2) is 8.81. The number of hydrogen-bond acceptors (Lipinski definition) is 6. The van der Waals surface area contributed by atoms with Crippen molar-refractivity contribution in [3.05, 3.63) is 0 Å². The van der Waals surface area contributed by atoms with Gasteiger partial charge in [-0.25, -0.2) is 0 Å². The van der Waals surface area contributed by atoms with Gasteiger partial charge in [0, 0.05) is 5.41 Å². The van der Waals surface area contributed by atoms with Crippen LogP contribution in [0.4, 0.5) is 0 Å². The molecule has 1 aliphatic carbocycles. The van der Waals surface area contributed by atoms with E-state index >= 15 is 0 Å². The molecular weight excluding hydrogens is 336 g/mol. The maximum absolute atomic E-state index is 13.2. The summed E-state index contributed by atoms with van der Waals surface area (Å²) in [4.78, 5) is 25.8. The molecule has 2 atom stereocenters. The molecule has 26 heavy (non-hydrogen) atoms. The van der Waals surface area contributed by atoms with Gasteiger partial charge in [-0.3, -0.25) is 9.59 Å². The molecule has 0 heterocycles. The van der Waals surface area contributed by atoms with E-state index in [9.17, 15) is 9.59 Å². The second-order valence-electron chi connectivity index (χ2n) is 8.64. The number of ketones is 1. The average Bonchev–Trinajstić information content (AvgIpc) is 2.79. The van der Waals surface area contributed by atoms with Crippen LogP contribution < -0.4 is 0 Å². The lowest BCUT2D eigenvalue weighted by Gasteiger charge is -2.43. The Morgan fingerprint density at radius 1 is 1.15 bits per heavy atom. The molecule has 6 heteroatoms. The summed E-state index contributed by atoms with van der Waals surface area (Å²) >= 11 is 0. The highest BCUT2D eigenvalue weighted by Gasteiger charge is 2.60. The Morgan fingerprint density at radius 2 is 1.77 bits per heavy atom. The minimum absolute atomic E-state index is 0.0399. The quantitative estimate of drug-likeness (QED) is 0.469. The first-order chi connectivity index (χ1) is 11.9. The Balaban J connectivity index is 2.82. The van der Waals surface area contributed by atoms with Gasteiger partial charge in [0.15, 0.2) is 5.78 Å². The van der Waals surface area contributed by atoms with Gasteiger partial charge in [-0.05, 0) is 46.0 Å². The van der Waals surface area contributed by atoms with Crippen molar-refractivity contribution in [2.45, 2.75) is 73.0 Å². The number of aliphatic hydroxyl groups is 1. The van der Waals surface area contributed by atoms with E-state index in [0.29, 0.717) is 19.4 Å². The zero-order chi connectivity index (χ0) is 20.2. The van der Waals surface area contributed by atoms with Gasteiger partial charge in [0.05, 0.1) is 31.8 Å². The van der Waals surface area contributed by atoms with Crippen LogP contribution in [0.2, 0.25) is 0 Å². The molecule has 1 N–H and O–H groups in total. The van der Waals surface area contributed by atoms with Crippen LogP contribution in [0.25, 0.3) is 0 Å². The molecule has 1 fully saturated rings. The third-order valence-corrected chi connectivity index (χ3v) is 5.89. The molecule has 0 unspecified atom stereocenters. The monoisotopic (exact) mass is 372 g/mol. The minimum Gasteiger partial charge on any atom is -0.463 e. The first-order valence-electron chi connectivity index (χ1n) is 9.48. The average molecular weight is 373 g/mol. The van der Waals surface area contributed by atoms with E-state index in [1.54, 1.807) is 13.8 Å². The Bertz CT molecular complexity index is 497. The molecule has 1 rings (SSSR count). The fourth-order valence-corrected chi connectivity index (χ4v) is 3.88. The SMILES string of the molecule is CC(C)OCCOC(=O)[C@H]1CC[C@@](C)(C(=O)C(C)(C)OCCO)C1(C)C. The first-order valence-corrected chi connectivity index (χ1v) is 9.48. The molecule has 0 aliphatic heterocycles. The summed E-state index contributed by atoms with van der Waals surface area (Å²) in [5, 5.41) is 8.99. The van der Waals surface area contributed by atoms with Gasteiger partial charge in [-0.2, -0.15) is 0 Å². The van der Waals surface area contributed by atoms with E-state index < -0.39 is 16.4 Å². The number of hydrogen-bond donors (Lipinski definition) is 1. The van der Waals surface area contributed by atoms with E-state index in [0.717, 1.165) is 0 Å². The highest BCUT2D eigenvalue weighted by atomic mass is 16.6. The van der Waals surface area contributed by atoms with E-state index in [4.69, 9.17) is 19.3 Å². The van der Waals surface area contributed by atoms with Crippen LogP contribution in [0.1, 0.15) is 61.3 Å². The standard InChI is InChI=1S/C20H36O6/c1-14(2)24-12-13-25-16(22)15-8-9-20(7,18(15,3)4)17(23)19(5,6)26-11-10-21/h14-15,21H,8-13H2,1-7H3/t15-,20+/m1/s1. The summed E-state index contributed by atoms with van der Waals surface area (Å²) in [5.41, 5.74) is -2.28. The van der Waals surface area contributed by atoms with Crippen LogP contribution in [-0.4, -0.2) is 55.0 Å². The predicted molar refractivity (Wildman–Crippen MR) is 98.8 cm³/mol. The summed E-state index contributed by atoms with van der Waals surface area (Å²) < 4.78 is 16.4. The molecule has 0 spiro atoms. The number of carbonyl (C=O) groups excluding carboxylic acids is 2. The van der Waals surface area contributed by atoms with Gasteiger partial charge in [0.2, 0.25) is 0 Å². The zero-order valence-corrected chi connectivity index (χ0v) is 17.4. The zero-order valence-electron chi connectivity index (χ0n) is 17.4. The predicted octanol–water partition coefficient (Wildman–Crippen LogP) is 2.75. The summed E-state index contributed by atoms with van der Waals surface area (Å²) in [6.45, 7) is 13.7. The van der Waals surface area contributed by atoms with Gasteiger partial charge < -0.3 is 19.3 Å². The van der Waals surface area contributed by atoms with Gasteiger partial charge in [-0.15, -0.1) is 0 Å². The second-order valence-corrected chi connectivity index (χ2v) is 8.64. The smallest absolute Gasteiger partial charge is 0.309 e. The number of esters is 1. The van der Waals surface area contributed by atoms with Crippen LogP contribution in [-0.2, 0) is 23.8 Å². The highest BCUT2D eigenvalue weighted by Crippen LogP contribution is 2.58. The molecule has 0 aromatic rings. The third-order valence-electron chi connectivity index (χ3n) is 5.89. The molecule has 0 saturated heterocycles. The maximum atomic E-state index is 13.2. The van der Waals surface area contributed by atoms with Gasteiger partial charge in [0.1, 0.15) is 12.2 Å². The lowest BCUT2D eigenvalue weighted by atomic mass is 9.61. The largest absolute Gasteiger partial charge is 0.463 e. The van der Waals surface area contributed by atoms with Crippen molar-refractivity contribution in [3.8, 4) is 0 Å². The fourth-order valence-electron chi connectivity index (χ4n) is 3.88. The summed E-state index contributed by atoms with van der Waals surface area (Å²) in [6.07, 6.45) is 1.31. The van der Waals surface area contributed by atoms with Gasteiger partial charge in [-0.1, -0.05) is 20.8 Å². The molecule has 0 aromatic carbocycles. The summed E-state index contributed by atoms with van der Waals surface area (Å²) in [7, 11) is 0. The summed E-state index contributed by atoms with van der Waals surface area (Å²) in [5.74, 6) is -0.654. The summed E-state index contributed by atoms with van der Waals surface area (Å²) in [6, 6.07) is 0. The Kier molecular flexibility index (Phi) is 7.81. The lowest BCUT2D eigenvalue weighted by Crippen LogP contribution is -2.52. The van der Waals surface area contributed by atoms with Crippen LogP contribution in [0.5, 0.6) is 0 Å². The number of aliphatic hydroxyl groups excluding tert-OH is 1. The van der Waals surface area contributed by atoms with Gasteiger partial charge in [0.25, 0.3) is 0 Å². The van der Waals surface area contributed by atoms with Crippen LogP contribution in [0, 0.1) is 16.7 Å². The highest BCUT2D eigenvalue weighted by molar-refractivity contribution is 5.93. The van der Waals surface area contributed by atoms with Gasteiger partial charge >= 0.3 is 5.97 Å². The number of carbonyl (C=O) groups is 2. The maximum Gasteiger partial charge on any atom is 0.309 e. The van der Waals surface area contributed by atoms with Crippen LogP contribution in [0.3, 0.4) is 0 Å². The molecule has 0 radical (unpaired) electrons. The van der Waals surface area contributed by atoms with Crippen molar-refractivity contribution >= 4 is 11.8 Å². The van der Waals surface area contributed by atoms with Crippen molar-refractivity contribution in [2.24, 2.45) is 16.7 Å². The first kappa shape index (κ1) is 23.1. The molecule has 1 saturated carbocycles. The normalized spacial score (nSPS) is 25.5.